The highest BCUT2D eigenvalue weighted by atomic mass is 16.5. The third-order valence-electron chi connectivity index (χ3n) is 2.86. The van der Waals surface area contributed by atoms with E-state index in [0.717, 1.165) is 5.57 Å². The SMILES string of the molecule is C=CCCN(C(C)=O)C(=O)C(/C=C\C(C)OC)=C(C)C. The van der Waals surface area contributed by atoms with Gasteiger partial charge in [0, 0.05) is 26.2 Å². The summed E-state index contributed by atoms with van der Waals surface area (Å²) in [5.74, 6) is -0.539. The van der Waals surface area contributed by atoms with Gasteiger partial charge < -0.3 is 4.74 Å². The first-order valence-corrected chi connectivity index (χ1v) is 6.66. The molecule has 0 aromatic carbocycles. The summed E-state index contributed by atoms with van der Waals surface area (Å²) in [7, 11) is 1.60. The van der Waals surface area contributed by atoms with E-state index in [9.17, 15) is 9.59 Å². The van der Waals surface area contributed by atoms with Crippen LogP contribution in [0.25, 0.3) is 0 Å². The van der Waals surface area contributed by atoms with Gasteiger partial charge >= 0.3 is 0 Å². The first-order valence-electron chi connectivity index (χ1n) is 6.66. The molecule has 1 unspecified atom stereocenters. The van der Waals surface area contributed by atoms with Gasteiger partial charge in [0.2, 0.25) is 5.91 Å². The number of ether oxygens (including phenoxy) is 1. The molecule has 0 N–H and O–H groups in total. The van der Waals surface area contributed by atoms with Crippen molar-refractivity contribution in [1.82, 2.24) is 4.90 Å². The monoisotopic (exact) mass is 279 g/mol. The lowest BCUT2D eigenvalue weighted by Gasteiger charge is -2.20. The maximum Gasteiger partial charge on any atom is 0.260 e. The van der Waals surface area contributed by atoms with Crippen LogP contribution in [0.1, 0.15) is 34.1 Å². The molecule has 0 saturated heterocycles. The summed E-state index contributed by atoms with van der Waals surface area (Å²) in [6.45, 7) is 10.9. The van der Waals surface area contributed by atoms with Gasteiger partial charge in [0.25, 0.3) is 5.91 Å². The van der Waals surface area contributed by atoms with Crippen molar-refractivity contribution in [2.24, 2.45) is 0 Å². The van der Waals surface area contributed by atoms with E-state index in [0.29, 0.717) is 18.5 Å². The van der Waals surface area contributed by atoms with Crippen LogP contribution in [0.2, 0.25) is 0 Å². The van der Waals surface area contributed by atoms with Crippen LogP contribution in [0.15, 0.2) is 36.0 Å². The Morgan fingerprint density at radius 1 is 1.30 bits per heavy atom. The Morgan fingerprint density at radius 2 is 1.90 bits per heavy atom. The topological polar surface area (TPSA) is 46.6 Å². The lowest BCUT2D eigenvalue weighted by Crippen LogP contribution is -2.36. The van der Waals surface area contributed by atoms with Gasteiger partial charge in [-0.3, -0.25) is 14.5 Å². The van der Waals surface area contributed by atoms with Gasteiger partial charge in [0.1, 0.15) is 0 Å². The summed E-state index contributed by atoms with van der Waals surface area (Å²) in [5, 5.41) is 0. The number of carbonyl (C=O) groups excluding carboxylic acids is 2. The smallest absolute Gasteiger partial charge is 0.260 e. The Bertz CT molecular complexity index is 417. The van der Waals surface area contributed by atoms with Gasteiger partial charge in [-0.1, -0.05) is 23.8 Å². The first-order chi connectivity index (χ1) is 9.34. The molecule has 0 aliphatic heterocycles. The summed E-state index contributed by atoms with van der Waals surface area (Å²) < 4.78 is 5.12. The van der Waals surface area contributed by atoms with Crippen molar-refractivity contribution < 1.29 is 14.3 Å². The predicted octanol–water partition coefficient (Wildman–Crippen LogP) is 2.87. The van der Waals surface area contributed by atoms with Gasteiger partial charge in [0.05, 0.1) is 6.10 Å². The fourth-order valence-electron chi connectivity index (χ4n) is 1.53. The van der Waals surface area contributed by atoms with Crippen LogP contribution >= 0.6 is 0 Å². The highest BCUT2D eigenvalue weighted by Crippen LogP contribution is 2.12. The van der Waals surface area contributed by atoms with Crippen molar-refractivity contribution in [3.05, 3.63) is 36.0 Å². The normalized spacial score (nSPS) is 12.1. The lowest BCUT2D eigenvalue weighted by atomic mass is 10.1. The summed E-state index contributed by atoms with van der Waals surface area (Å²) >= 11 is 0. The fourth-order valence-corrected chi connectivity index (χ4v) is 1.53. The summed E-state index contributed by atoms with van der Waals surface area (Å²) in [4.78, 5) is 25.3. The van der Waals surface area contributed by atoms with Crippen LogP contribution in [0.4, 0.5) is 0 Å². The largest absolute Gasteiger partial charge is 0.378 e. The summed E-state index contributed by atoms with van der Waals surface area (Å²) in [6, 6.07) is 0. The molecule has 4 nitrogen and oxygen atoms in total. The Balaban J connectivity index is 5.23. The van der Waals surface area contributed by atoms with Crippen LogP contribution < -0.4 is 0 Å². The molecule has 0 saturated carbocycles. The average Bonchev–Trinajstić information content (AvgIpc) is 2.38. The Labute approximate surface area is 121 Å². The number of carbonyl (C=O) groups is 2. The molecular formula is C16H25NO3. The molecule has 20 heavy (non-hydrogen) atoms. The molecule has 0 aliphatic rings. The van der Waals surface area contributed by atoms with Crippen molar-refractivity contribution in [3.8, 4) is 0 Å². The average molecular weight is 279 g/mol. The van der Waals surface area contributed by atoms with E-state index >= 15 is 0 Å². The van der Waals surface area contributed by atoms with Crippen LogP contribution in [0.5, 0.6) is 0 Å². The van der Waals surface area contributed by atoms with Crippen molar-refractivity contribution >= 4 is 11.8 Å². The fraction of sp³-hybridized carbons (Fsp3) is 0.500. The number of methoxy groups -OCH3 is 1. The van der Waals surface area contributed by atoms with E-state index in [4.69, 9.17) is 4.74 Å². The predicted molar refractivity (Wildman–Crippen MR) is 81.2 cm³/mol. The van der Waals surface area contributed by atoms with E-state index < -0.39 is 0 Å². The minimum atomic E-state index is -0.279. The molecule has 1 atom stereocenters. The number of rotatable bonds is 7. The molecule has 0 fully saturated rings. The van der Waals surface area contributed by atoms with Crippen molar-refractivity contribution in [1.29, 1.82) is 0 Å². The standard InChI is InChI=1S/C16H25NO3/c1-7-8-11-17(14(5)18)16(19)15(12(2)3)10-9-13(4)20-6/h7,9-10,13H,1,8,11H2,2-6H3/b10-9-. The zero-order chi connectivity index (χ0) is 15.7. The first kappa shape index (κ1) is 18.3. The highest BCUT2D eigenvalue weighted by molar-refractivity contribution is 6.05. The Hall–Kier alpha value is -1.68. The summed E-state index contributed by atoms with van der Waals surface area (Å²) in [6.07, 6.45) is 5.70. The number of hydrogen-bond donors (Lipinski definition) is 0. The van der Waals surface area contributed by atoms with Crippen LogP contribution in [-0.4, -0.2) is 36.5 Å². The molecule has 0 aromatic rings. The highest BCUT2D eigenvalue weighted by Gasteiger charge is 2.20. The molecule has 0 radical (unpaired) electrons. The molecule has 0 heterocycles. The molecule has 0 rings (SSSR count). The summed E-state index contributed by atoms with van der Waals surface area (Å²) in [5.41, 5.74) is 1.38. The molecule has 4 heteroatoms. The van der Waals surface area contributed by atoms with Gasteiger partial charge in [-0.15, -0.1) is 6.58 Å². The molecule has 0 bridgehead atoms. The van der Waals surface area contributed by atoms with Gasteiger partial charge in [-0.2, -0.15) is 0 Å². The zero-order valence-corrected chi connectivity index (χ0v) is 13.1. The van der Waals surface area contributed by atoms with E-state index in [1.54, 1.807) is 25.3 Å². The van der Waals surface area contributed by atoms with Crippen molar-refractivity contribution in [2.75, 3.05) is 13.7 Å². The third-order valence-corrected chi connectivity index (χ3v) is 2.86. The van der Waals surface area contributed by atoms with Gasteiger partial charge in [-0.25, -0.2) is 0 Å². The minimum absolute atomic E-state index is 0.0869. The maximum atomic E-state index is 12.5. The third kappa shape index (κ3) is 5.97. The van der Waals surface area contributed by atoms with E-state index in [1.165, 1.54) is 11.8 Å². The number of nitrogens with zero attached hydrogens (tertiary/aromatic N) is 1. The van der Waals surface area contributed by atoms with Gasteiger partial charge in [0.15, 0.2) is 0 Å². The minimum Gasteiger partial charge on any atom is -0.378 e. The second-order valence-corrected chi connectivity index (χ2v) is 4.77. The number of amides is 2. The zero-order valence-electron chi connectivity index (χ0n) is 13.1. The lowest BCUT2D eigenvalue weighted by molar-refractivity contribution is -0.140. The van der Waals surface area contributed by atoms with Crippen LogP contribution in [0.3, 0.4) is 0 Å². The van der Waals surface area contributed by atoms with Crippen LogP contribution in [0, 0.1) is 0 Å². The maximum absolute atomic E-state index is 12.5. The number of hydrogen-bond acceptors (Lipinski definition) is 3. The molecule has 0 aliphatic carbocycles. The number of imide groups is 1. The molecule has 2 amide bonds. The second kappa shape index (κ2) is 9.26. The molecule has 0 aromatic heterocycles. The van der Waals surface area contributed by atoms with Crippen LogP contribution in [-0.2, 0) is 14.3 Å². The second-order valence-electron chi connectivity index (χ2n) is 4.77. The van der Waals surface area contributed by atoms with Gasteiger partial charge in [-0.05, 0) is 27.2 Å². The quantitative estimate of drug-likeness (QED) is 0.409. The Morgan fingerprint density at radius 3 is 2.30 bits per heavy atom. The van der Waals surface area contributed by atoms with E-state index in [2.05, 4.69) is 6.58 Å². The van der Waals surface area contributed by atoms with E-state index in [1.807, 2.05) is 20.8 Å². The molecule has 0 spiro atoms. The van der Waals surface area contributed by atoms with Crippen molar-refractivity contribution in [2.45, 2.75) is 40.2 Å². The molecular weight excluding hydrogens is 254 g/mol. The molecule has 112 valence electrons. The Kier molecular flexibility index (Phi) is 8.48. The number of allylic oxidation sites excluding steroid dienone is 1. The van der Waals surface area contributed by atoms with Crippen molar-refractivity contribution in [3.63, 3.8) is 0 Å². The van der Waals surface area contributed by atoms with E-state index in [-0.39, 0.29) is 17.9 Å².